The van der Waals surface area contributed by atoms with Crippen molar-refractivity contribution in [3.63, 3.8) is 0 Å². The Bertz CT molecular complexity index is 306. The minimum absolute atomic E-state index is 0.0810. The van der Waals surface area contributed by atoms with Gasteiger partial charge in [-0.2, -0.15) is 0 Å². The highest BCUT2D eigenvalue weighted by molar-refractivity contribution is 9.13. The van der Waals surface area contributed by atoms with Crippen LogP contribution in [0.4, 0.5) is 8.78 Å². The molecule has 0 saturated heterocycles. The predicted molar refractivity (Wildman–Crippen MR) is 46.3 cm³/mol. The van der Waals surface area contributed by atoms with Gasteiger partial charge in [-0.05, 0) is 31.9 Å². The minimum Gasteiger partial charge on any atom is -0.505 e. The fraction of sp³-hybridized carbons (Fsp3) is 0.167. The van der Waals surface area contributed by atoms with Crippen molar-refractivity contribution in [1.82, 2.24) is 4.98 Å². The van der Waals surface area contributed by atoms with Crippen molar-refractivity contribution < 1.29 is 13.9 Å². The zero-order chi connectivity index (χ0) is 9.30. The van der Waals surface area contributed by atoms with Gasteiger partial charge >= 0.3 is 0 Å². The molecule has 6 heteroatoms. The van der Waals surface area contributed by atoms with Crippen LogP contribution in [0.2, 0.25) is 0 Å². The summed E-state index contributed by atoms with van der Waals surface area (Å²) in [5.41, 5.74) is -0.389. The largest absolute Gasteiger partial charge is 0.505 e. The van der Waals surface area contributed by atoms with Gasteiger partial charge in [0.1, 0.15) is 11.4 Å². The second-order valence-corrected chi connectivity index (χ2v) is 3.54. The van der Waals surface area contributed by atoms with Crippen LogP contribution in [0, 0.1) is 0 Å². The van der Waals surface area contributed by atoms with Crippen LogP contribution in [0.5, 0.6) is 5.75 Å². The molecule has 0 radical (unpaired) electrons. The van der Waals surface area contributed by atoms with Gasteiger partial charge in [0, 0.05) is 0 Å². The van der Waals surface area contributed by atoms with Crippen LogP contribution in [0.3, 0.4) is 0 Å². The quantitative estimate of drug-likeness (QED) is 0.864. The van der Waals surface area contributed by atoms with E-state index >= 15 is 0 Å². The van der Waals surface area contributed by atoms with Crippen molar-refractivity contribution in [1.29, 1.82) is 0 Å². The van der Waals surface area contributed by atoms with E-state index in [-0.39, 0.29) is 20.4 Å². The first-order valence-electron chi connectivity index (χ1n) is 2.85. The SMILES string of the molecule is Oc1cnc(C(F)F)c(Br)c1Br. The molecular weight excluding hydrogens is 300 g/mol. The van der Waals surface area contributed by atoms with Crippen molar-refractivity contribution in [2.24, 2.45) is 0 Å². The van der Waals surface area contributed by atoms with Crippen molar-refractivity contribution >= 4 is 31.9 Å². The molecule has 1 heterocycles. The Hall–Kier alpha value is -0.230. The van der Waals surface area contributed by atoms with Crippen LogP contribution in [-0.4, -0.2) is 10.1 Å². The lowest BCUT2D eigenvalue weighted by molar-refractivity contribution is 0.145. The molecule has 0 aliphatic rings. The molecular formula is C6H3Br2F2NO. The first-order chi connectivity index (χ1) is 5.54. The fourth-order valence-corrected chi connectivity index (χ4v) is 1.41. The lowest BCUT2D eigenvalue weighted by Gasteiger charge is -2.04. The van der Waals surface area contributed by atoms with Crippen LogP contribution in [-0.2, 0) is 0 Å². The van der Waals surface area contributed by atoms with Gasteiger partial charge in [0.25, 0.3) is 6.43 Å². The maximum atomic E-state index is 12.1. The molecule has 0 amide bonds. The van der Waals surface area contributed by atoms with Gasteiger partial charge in [-0.1, -0.05) is 0 Å². The maximum absolute atomic E-state index is 12.1. The van der Waals surface area contributed by atoms with E-state index in [0.717, 1.165) is 6.20 Å². The lowest BCUT2D eigenvalue weighted by atomic mass is 10.3. The number of halogens is 4. The molecule has 2 nitrogen and oxygen atoms in total. The van der Waals surface area contributed by atoms with Gasteiger partial charge < -0.3 is 5.11 Å². The first kappa shape index (κ1) is 9.85. The summed E-state index contributed by atoms with van der Waals surface area (Å²) in [7, 11) is 0. The molecule has 0 spiro atoms. The third kappa shape index (κ3) is 1.74. The summed E-state index contributed by atoms with van der Waals surface area (Å²) in [6.45, 7) is 0. The van der Waals surface area contributed by atoms with E-state index in [4.69, 9.17) is 5.11 Å². The standard InChI is InChI=1S/C6H3Br2F2NO/c7-3-2(12)1-11-5(4(3)8)6(9)10/h1,6,12H. The van der Waals surface area contributed by atoms with Crippen LogP contribution in [0.15, 0.2) is 15.1 Å². The highest BCUT2D eigenvalue weighted by Crippen LogP contribution is 2.36. The Morgan fingerprint density at radius 2 is 1.92 bits per heavy atom. The van der Waals surface area contributed by atoms with Crippen LogP contribution in [0.25, 0.3) is 0 Å². The molecule has 0 aliphatic carbocycles. The molecule has 0 aliphatic heterocycles. The number of hydrogen-bond acceptors (Lipinski definition) is 2. The molecule has 0 unspecified atom stereocenters. The van der Waals surface area contributed by atoms with Gasteiger partial charge in [0.05, 0.1) is 15.1 Å². The monoisotopic (exact) mass is 301 g/mol. The third-order valence-corrected chi connectivity index (χ3v) is 3.31. The van der Waals surface area contributed by atoms with Crippen molar-refractivity contribution in [2.75, 3.05) is 0 Å². The van der Waals surface area contributed by atoms with Crippen LogP contribution in [0.1, 0.15) is 12.1 Å². The Kier molecular flexibility index (Phi) is 3.00. The summed E-state index contributed by atoms with van der Waals surface area (Å²) in [6, 6.07) is 0. The Morgan fingerprint density at radius 1 is 1.33 bits per heavy atom. The number of aromatic nitrogens is 1. The van der Waals surface area contributed by atoms with Gasteiger partial charge in [-0.3, -0.25) is 4.98 Å². The van der Waals surface area contributed by atoms with E-state index in [2.05, 4.69) is 36.8 Å². The summed E-state index contributed by atoms with van der Waals surface area (Å²) in [5.74, 6) is -0.175. The first-order valence-corrected chi connectivity index (χ1v) is 4.43. The zero-order valence-corrected chi connectivity index (χ0v) is 8.73. The second-order valence-electron chi connectivity index (χ2n) is 1.96. The van der Waals surface area contributed by atoms with Gasteiger partial charge in [0.15, 0.2) is 0 Å². The molecule has 66 valence electrons. The summed E-state index contributed by atoms with van der Waals surface area (Å²) in [6.07, 6.45) is -1.69. The lowest BCUT2D eigenvalue weighted by Crippen LogP contribution is -1.92. The molecule has 12 heavy (non-hydrogen) atoms. The zero-order valence-electron chi connectivity index (χ0n) is 5.56. The smallest absolute Gasteiger partial charge is 0.281 e. The van der Waals surface area contributed by atoms with E-state index < -0.39 is 6.43 Å². The number of alkyl halides is 2. The highest BCUT2D eigenvalue weighted by atomic mass is 79.9. The van der Waals surface area contributed by atoms with Gasteiger partial charge in [0.2, 0.25) is 0 Å². The Labute approximate surface area is 83.9 Å². The number of hydrogen-bond donors (Lipinski definition) is 1. The molecule has 1 rings (SSSR count). The number of nitrogens with zero attached hydrogens (tertiary/aromatic N) is 1. The summed E-state index contributed by atoms with van der Waals surface area (Å²) < 4.78 is 24.6. The summed E-state index contributed by atoms with van der Waals surface area (Å²) in [5, 5.41) is 9.02. The van der Waals surface area contributed by atoms with Crippen LogP contribution < -0.4 is 0 Å². The molecule has 1 aromatic heterocycles. The van der Waals surface area contributed by atoms with Crippen molar-refractivity contribution in [2.45, 2.75) is 6.43 Å². The third-order valence-electron chi connectivity index (χ3n) is 1.18. The van der Waals surface area contributed by atoms with Crippen molar-refractivity contribution in [3.05, 3.63) is 20.8 Å². The molecule has 1 N–H and O–H groups in total. The molecule has 1 aromatic rings. The number of pyridine rings is 1. The summed E-state index contributed by atoms with van der Waals surface area (Å²) >= 11 is 5.81. The molecule has 0 bridgehead atoms. The van der Waals surface area contributed by atoms with E-state index in [9.17, 15) is 8.78 Å². The van der Waals surface area contributed by atoms with Gasteiger partial charge in [-0.25, -0.2) is 8.78 Å². The summed E-state index contributed by atoms with van der Waals surface area (Å²) in [4.78, 5) is 3.36. The van der Waals surface area contributed by atoms with E-state index in [1.807, 2.05) is 0 Å². The molecule has 0 fully saturated rings. The topological polar surface area (TPSA) is 33.1 Å². The average Bonchev–Trinajstić information content (AvgIpc) is 2.00. The van der Waals surface area contributed by atoms with E-state index in [1.54, 1.807) is 0 Å². The Morgan fingerprint density at radius 3 is 2.42 bits per heavy atom. The van der Waals surface area contributed by atoms with E-state index in [0.29, 0.717) is 0 Å². The van der Waals surface area contributed by atoms with E-state index in [1.165, 1.54) is 0 Å². The molecule has 0 saturated carbocycles. The molecule has 0 aromatic carbocycles. The predicted octanol–water partition coefficient (Wildman–Crippen LogP) is 3.25. The minimum atomic E-state index is -2.66. The highest BCUT2D eigenvalue weighted by Gasteiger charge is 2.17. The fourth-order valence-electron chi connectivity index (χ4n) is 0.621. The Balaban J connectivity index is 3.27. The average molecular weight is 303 g/mol. The number of aromatic hydroxyl groups is 1. The number of rotatable bonds is 1. The van der Waals surface area contributed by atoms with Crippen molar-refractivity contribution in [3.8, 4) is 5.75 Å². The molecule has 0 atom stereocenters. The maximum Gasteiger partial charge on any atom is 0.281 e. The van der Waals surface area contributed by atoms with Gasteiger partial charge in [-0.15, -0.1) is 0 Å². The second kappa shape index (κ2) is 3.66. The van der Waals surface area contributed by atoms with Crippen LogP contribution >= 0.6 is 31.9 Å². The normalized spacial score (nSPS) is 10.8.